The van der Waals surface area contributed by atoms with E-state index in [1.165, 1.54) is 0 Å². The van der Waals surface area contributed by atoms with Crippen molar-refractivity contribution in [1.29, 1.82) is 5.26 Å². The molecule has 1 aromatic rings. The van der Waals surface area contributed by atoms with Gasteiger partial charge in [-0.25, -0.2) is 0 Å². The second kappa shape index (κ2) is 5.98. The van der Waals surface area contributed by atoms with E-state index in [1.807, 2.05) is 6.07 Å². The van der Waals surface area contributed by atoms with Crippen molar-refractivity contribution in [2.24, 2.45) is 5.11 Å². The number of rotatable bonds is 2. The lowest BCUT2D eigenvalue weighted by Gasteiger charge is -1.96. The van der Waals surface area contributed by atoms with Crippen molar-refractivity contribution in [3.05, 3.63) is 39.8 Å². The maximum atomic E-state index is 8.67. The molecule has 0 heterocycles. The zero-order chi connectivity index (χ0) is 11.8. The highest BCUT2D eigenvalue weighted by Gasteiger charge is 1.96. The van der Waals surface area contributed by atoms with E-state index in [-0.39, 0.29) is 0 Å². The number of hydrogen-bond donors (Lipinski definition) is 1. The Balaban J connectivity index is 2.72. The van der Waals surface area contributed by atoms with Gasteiger partial charge in [0, 0.05) is 23.4 Å². The van der Waals surface area contributed by atoms with E-state index in [0.717, 1.165) is 5.56 Å². The molecule has 1 aromatic carbocycles. The Kier molecular flexibility index (Phi) is 4.28. The second-order valence-electron chi connectivity index (χ2n) is 2.92. The minimum Gasteiger partial charge on any atom is -0.398 e. The van der Waals surface area contributed by atoms with Gasteiger partial charge in [0.25, 0.3) is 0 Å². The molecular weight excluding hydrogens is 202 g/mol. The van der Waals surface area contributed by atoms with Crippen molar-refractivity contribution in [2.45, 2.75) is 6.42 Å². The molecular formula is C11H9N5. The van der Waals surface area contributed by atoms with Crippen molar-refractivity contribution in [3.63, 3.8) is 0 Å². The summed E-state index contributed by atoms with van der Waals surface area (Å²) in [4.78, 5) is 2.62. The third-order valence-electron chi connectivity index (χ3n) is 1.80. The smallest absolute Gasteiger partial charge is 0.101 e. The fraction of sp³-hybridized carbons (Fsp3) is 0.182. The molecule has 5 heteroatoms. The first-order valence-corrected chi connectivity index (χ1v) is 4.57. The summed E-state index contributed by atoms with van der Waals surface area (Å²) in [6.07, 6.45) is 0.504. The van der Waals surface area contributed by atoms with E-state index in [1.54, 1.807) is 18.2 Å². The second-order valence-corrected chi connectivity index (χ2v) is 2.92. The number of nitrogen functional groups attached to an aromatic ring is 1. The van der Waals surface area contributed by atoms with Crippen LogP contribution in [0.2, 0.25) is 0 Å². The summed E-state index contributed by atoms with van der Waals surface area (Å²) in [5.41, 5.74) is 15.3. The van der Waals surface area contributed by atoms with Gasteiger partial charge in [0.05, 0.1) is 11.3 Å². The predicted octanol–water partition coefficient (Wildman–Crippen LogP) is 2.19. The molecule has 0 aliphatic carbocycles. The molecule has 0 bridgehead atoms. The highest BCUT2D eigenvalue weighted by molar-refractivity contribution is 5.58. The third kappa shape index (κ3) is 3.26. The standard InChI is InChI=1S/C11H9N5/c12-8-10-5-4-9(7-11(10)13)3-1-2-6-15-16-14/h4-5,7H,2,6,13H2. The zero-order valence-electron chi connectivity index (χ0n) is 8.51. The van der Waals surface area contributed by atoms with Crippen molar-refractivity contribution in [1.82, 2.24) is 0 Å². The first kappa shape index (κ1) is 11.5. The molecule has 0 aliphatic rings. The van der Waals surface area contributed by atoms with Crippen LogP contribution in [0.4, 0.5) is 5.69 Å². The maximum absolute atomic E-state index is 8.67. The lowest BCUT2D eigenvalue weighted by atomic mass is 10.1. The van der Waals surface area contributed by atoms with Crippen molar-refractivity contribution >= 4 is 5.69 Å². The van der Waals surface area contributed by atoms with E-state index in [0.29, 0.717) is 24.2 Å². The lowest BCUT2D eigenvalue weighted by molar-refractivity contribution is 1.01. The Hall–Kier alpha value is -2.62. The van der Waals surface area contributed by atoms with Crippen LogP contribution in [0.25, 0.3) is 10.4 Å². The Morgan fingerprint density at radius 3 is 2.94 bits per heavy atom. The van der Waals surface area contributed by atoms with E-state index >= 15 is 0 Å². The lowest BCUT2D eigenvalue weighted by Crippen LogP contribution is -1.90. The monoisotopic (exact) mass is 211 g/mol. The third-order valence-corrected chi connectivity index (χ3v) is 1.80. The molecule has 2 N–H and O–H groups in total. The highest BCUT2D eigenvalue weighted by Crippen LogP contribution is 2.12. The molecule has 0 saturated carbocycles. The van der Waals surface area contributed by atoms with Gasteiger partial charge in [0.2, 0.25) is 0 Å². The van der Waals surface area contributed by atoms with Gasteiger partial charge >= 0.3 is 0 Å². The highest BCUT2D eigenvalue weighted by atomic mass is 15.1. The number of hydrogen-bond acceptors (Lipinski definition) is 3. The van der Waals surface area contributed by atoms with E-state index in [9.17, 15) is 0 Å². The molecule has 0 amide bonds. The van der Waals surface area contributed by atoms with Crippen molar-refractivity contribution < 1.29 is 0 Å². The summed E-state index contributed by atoms with van der Waals surface area (Å²) in [6, 6.07) is 6.99. The van der Waals surface area contributed by atoms with Gasteiger partial charge in [0.1, 0.15) is 6.07 Å². The molecule has 78 valence electrons. The van der Waals surface area contributed by atoms with Gasteiger partial charge in [-0.15, -0.1) is 0 Å². The van der Waals surface area contributed by atoms with Gasteiger partial charge in [-0.1, -0.05) is 17.0 Å². The number of nitrogens with two attached hydrogens (primary N) is 1. The number of azide groups is 1. The molecule has 0 radical (unpaired) electrons. The summed E-state index contributed by atoms with van der Waals surface area (Å²) in [5.74, 6) is 5.72. The van der Waals surface area contributed by atoms with Crippen LogP contribution in [0.1, 0.15) is 17.5 Å². The number of benzene rings is 1. The van der Waals surface area contributed by atoms with Crippen LogP contribution < -0.4 is 5.73 Å². The fourth-order valence-electron chi connectivity index (χ4n) is 1.06. The summed E-state index contributed by atoms with van der Waals surface area (Å²) in [5, 5.41) is 12.0. The molecule has 0 atom stereocenters. The first-order chi connectivity index (χ1) is 7.77. The molecule has 1 rings (SSSR count). The fourth-order valence-corrected chi connectivity index (χ4v) is 1.06. The predicted molar refractivity (Wildman–Crippen MR) is 61.1 cm³/mol. The molecule has 0 spiro atoms. The van der Waals surface area contributed by atoms with Crippen LogP contribution in [0.5, 0.6) is 0 Å². The van der Waals surface area contributed by atoms with Crippen LogP contribution in [-0.4, -0.2) is 6.54 Å². The number of anilines is 1. The molecule has 0 saturated heterocycles. The normalized spacial score (nSPS) is 8.19. The topological polar surface area (TPSA) is 98.6 Å². The van der Waals surface area contributed by atoms with E-state index < -0.39 is 0 Å². The zero-order valence-corrected chi connectivity index (χ0v) is 8.51. The van der Waals surface area contributed by atoms with Crippen molar-refractivity contribution in [2.75, 3.05) is 12.3 Å². The molecule has 0 aromatic heterocycles. The Labute approximate surface area is 93.1 Å². The van der Waals surface area contributed by atoms with Gasteiger partial charge in [0.15, 0.2) is 0 Å². The molecule has 0 fully saturated rings. The SMILES string of the molecule is N#Cc1ccc(C#CCCN=[N+]=[N-])cc1N. The van der Waals surface area contributed by atoms with Crippen LogP contribution in [-0.2, 0) is 0 Å². The minimum atomic E-state index is 0.356. The van der Waals surface area contributed by atoms with Gasteiger partial charge in [-0.05, 0) is 23.7 Å². The number of nitrogens with zero attached hydrogens (tertiary/aromatic N) is 4. The first-order valence-electron chi connectivity index (χ1n) is 4.57. The summed E-state index contributed by atoms with van der Waals surface area (Å²) in [7, 11) is 0. The largest absolute Gasteiger partial charge is 0.398 e. The average Bonchev–Trinajstić information content (AvgIpc) is 2.29. The molecule has 0 unspecified atom stereocenters. The number of nitriles is 1. The summed E-state index contributed by atoms with van der Waals surface area (Å²) >= 11 is 0. The Morgan fingerprint density at radius 2 is 2.31 bits per heavy atom. The molecule has 5 nitrogen and oxygen atoms in total. The van der Waals surface area contributed by atoms with Crippen LogP contribution in [0.3, 0.4) is 0 Å². The minimum absolute atomic E-state index is 0.356. The van der Waals surface area contributed by atoms with Crippen LogP contribution >= 0.6 is 0 Å². The quantitative estimate of drug-likeness (QED) is 0.202. The van der Waals surface area contributed by atoms with Gasteiger partial charge in [-0.2, -0.15) is 5.26 Å². The molecule has 16 heavy (non-hydrogen) atoms. The Bertz CT molecular complexity index is 524. The Morgan fingerprint density at radius 1 is 1.50 bits per heavy atom. The van der Waals surface area contributed by atoms with Crippen LogP contribution in [0, 0.1) is 23.2 Å². The molecule has 0 aliphatic heterocycles. The van der Waals surface area contributed by atoms with Gasteiger partial charge < -0.3 is 5.73 Å². The maximum Gasteiger partial charge on any atom is 0.101 e. The van der Waals surface area contributed by atoms with Crippen LogP contribution in [0.15, 0.2) is 23.3 Å². The summed E-state index contributed by atoms with van der Waals surface area (Å²) < 4.78 is 0. The average molecular weight is 211 g/mol. The van der Waals surface area contributed by atoms with Crippen molar-refractivity contribution in [3.8, 4) is 17.9 Å². The van der Waals surface area contributed by atoms with E-state index in [4.69, 9.17) is 16.5 Å². The van der Waals surface area contributed by atoms with E-state index in [2.05, 4.69) is 21.9 Å². The summed E-state index contributed by atoms with van der Waals surface area (Å²) in [6.45, 7) is 0.356. The van der Waals surface area contributed by atoms with Gasteiger partial charge in [-0.3, -0.25) is 0 Å².